The Morgan fingerprint density at radius 1 is 0.903 bits per heavy atom. The highest BCUT2D eigenvalue weighted by Crippen LogP contribution is 2.30. The summed E-state index contributed by atoms with van der Waals surface area (Å²) in [5, 5.41) is 13.5. The van der Waals surface area contributed by atoms with E-state index in [2.05, 4.69) is 5.32 Å². The number of carbonyl (C=O) groups excluding carboxylic acids is 1. The summed E-state index contributed by atoms with van der Waals surface area (Å²) in [5.41, 5.74) is -1.16. The quantitative estimate of drug-likeness (QED) is 0.507. The van der Waals surface area contributed by atoms with E-state index >= 15 is 0 Å². The van der Waals surface area contributed by atoms with E-state index in [0.717, 1.165) is 16.5 Å². The van der Waals surface area contributed by atoms with Crippen LogP contribution in [-0.4, -0.2) is 42.8 Å². The lowest BCUT2D eigenvalue weighted by Crippen LogP contribution is -2.49. The van der Waals surface area contributed by atoms with E-state index in [4.69, 9.17) is 14.2 Å². The maximum absolute atomic E-state index is 12.8. The normalized spacial score (nSPS) is 11.1. The van der Waals surface area contributed by atoms with Gasteiger partial charge in [-0.3, -0.25) is 4.79 Å². The highest BCUT2D eigenvalue weighted by atomic mass is 16.5. The number of fused-ring (bicyclic) bond motifs is 1. The minimum Gasteiger partial charge on any atom is -0.497 e. The molecule has 162 valence electrons. The van der Waals surface area contributed by atoms with Crippen molar-refractivity contribution in [2.24, 2.45) is 0 Å². The lowest BCUT2D eigenvalue weighted by Gasteiger charge is -2.22. The molecular weight excluding hydrogens is 398 g/mol. The first-order chi connectivity index (χ1) is 14.8. The molecule has 0 bridgehead atoms. The summed E-state index contributed by atoms with van der Waals surface area (Å²) in [6.07, 6.45) is 0. The van der Waals surface area contributed by atoms with Gasteiger partial charge in [-0.25, -0.2) is 4.79 Å². The number of hydrogen-bond acceptors (Lipinski definition) is 5. The number of rotatable bonds is 9. The largest absolute Gasteiger partial charge is 0.497 e. The van der Waals surface area contributed by atoms with Crippen LogP contribution in [-0.2, 0) is 4.79 Å². The SMILES string of the molecule is COc1ccc(OCCOc2c(C(=O)NC(C)(C)C(=O)O)ccc3ccccc23)cc1. The zero-order chi connectivity index (χ0) is 22.4. The topological polar surface area (TPSA) is 94.1 Å². The third-order valence-electron chi connectivity index (χ3n) is 4.74. The number of ether oxygens (including phenoxy) is 3. The fourth-order valence-corrected chi connectivity index (χ4v) is 2.96. The molecule has 0 fully saturated rings. The monoisotopic (exact) mass is 423 g/mol. The van der Waals surface area contributed by atoms with Gasteiger partial charge in [-0.1, -0.05) is 30.3 Å². The first-order valence-electron chi connectivity index (χ1n) is 9.79. The van der Waals surface area contributed by atoms with Crippen LogP contribution in [0.1, 0.15) is 24.2 Å². The van der Waals surface area contributed by atoms with Crippen molar-refractivity contribution in [2.75, 3.05) is 20.3 Å². The summed E-state index contributed by atoms with van der Waals surface area (Å²) >= 11 is 0. The van der Waals surface area contributed by atoms with Gasteiger partial charge in [-0.15, -0.1) is 0 Å². The van der Waals surface area contributed by atoms with Gasteiger partial charge in [-0.2, -0.15) is 0 Å². The van der Waals surface area contributed by atoms with Gasteiger partial charge in [0.15, 0.2) is 0 Å². The number of nitrogens with one attached hydrogen (secondary N) is 1. The Bertz CT molecular complexity index is 1080. The van der Waals surface area contributed by atoms with Gasteiger partial charge >= 0.3 is 5.97 Å². The molecule has 0 aliphatic carbocycles. The summed E-state index contributed by atoms with van der Waals surface area (Å²) in [7, 11) is 1.60. The van der Waals surface area contributed by atoms with E-state index in [1.165, 1.54) is 13.8 Å². The highest BCUT2D eigenvalue weighted by Gasteiger charge is 2.30. The molecule has 0 aliphatic heterocycles. The van der Waals surface area contributed by atoms with Crippen molar-refractivity contribution in [3.05, 3.63) is 66.2 Å². The van der Waals surface area contributed by atoms with E-state index in [1.54, 1.807) is 43.5 Å². The molecule has 3 aromatic rings. The van der Waals surface area contributed by atoms with Crippen molar-refractivity contribution in [1.29, 1.82) is 0 Å². The van der Waals surface area contributed by atoms with Crippen LogP contribution in [0.5, 0.6) is 17.2 Å². The van der Waals surface area contributed by atoms with E-state index < -0.39 is 17.4 Å². The molecule has 0 heterocycles. The minimum atomic E-state index is -1.42. The number of amides is 1. The number of carboxylic acids is 1. The summed E-state index contributed by atoms with van der Waals surface area (Å²) < 4.78 is 16.8. The van der Waals surface area contributed by atoms with Crippen LogP contribution in [0.15, 0.2) is 60.7 Å². The van der Waals surface area contributed by atoms with Gasteiger partial charge < -0.3 is 24.6 Å². The predicted molar refractivity (Wildman–Crippen MR) is 117 cm³/mol. The molecule has 3 rings (SSSR count). The van der Waals surface area contributed by atoms with E-state index in [-0.39, 0.29) is 18.8 Å². The van der Waals surface area contributed by atoms with Crippen molar-refractivity contribution in [3.63, 3.8) is 0 Å². The number of benzene rings is 3. The zero-order valence-corrected chi connectivity index (χ0v) is 17.7. The fourth-order valence-electron chi connectivity index (χ4n) is 2.96. The molecule has 0 saturated heterocycles. The van der Waals surface area contributed by atoms with Crippen LogP contribution in [0.25, 0.3) is 10.8 Å². The number of aliphatic carboxylic acids is 1. The number of carboxylic acid groups (broad SMARTS) is 1. The minimum absolute atomic E-state index is 0.197. The van der Waals surface area contributed by atoms with E-state index in [1.807, 2.05) is 24.3 Å². The summed E-state index contributed by atoms with van der Waals surface area (Å²) in [6.45, 7) is 3.31. The average molecular weight is 423 g/mol. The molecule has 0 spiro atoms. The second-order valence-corrected chi connectivity index (χ2v) is 7.42. The summed E-state index contributed by atoms with van der Waals surface area (Å²) in [4.78, 5) is 24.2. The molecular formula is C24H25NO6. The van der Waals surface area contributed by atoms with Crippen LogP contribution in [0.2, 0.25) is 0 Å². The Morgan fingerprint density at radius 2 is 1.55 bits per heavy atom. The molecule has 0 aliphatic rings. The van der Waals surface area contributed by atoms with Crippen molar-refractivity contribution in [1.82, 2.24) is 5.32 Å². The zero-order valence-electron chi connectivity index (χ0n) is 17.7. The van der Waals surface area contributed by atoms with Gasteiger partial charge in [0, 0.05) is 5.39 Å². The Hall–Kier alpha value is -3.74. The molecule has 1 amide bonds. The van der Waals surface area contributed by atoms with Gasteiger partial charge in [0.25, 0.3) is 5.91 Å². The molecule has 0 saturated carbocycles. The number of methoxy groups -OCH3 is 1. The molecule has 0 radical (unpaired) electrons. The first-order valence-corrected chi connectivity index (χ1v) is 9.79. The fraction of sp³-hybridized carbons (Fsp3) is 0.250. The number of hydrogen-bond donors (Lipinski definition) is 2. The van der Waals surface area contributed by atoms with E-state index in [9.17, 15) is 14.7 Å². The standard InChI is InChI=1S/C24H25NO6/c1-24(2,23(27)28)25-22(26)20-13-8-16-6-4-5-7-19(16)21(20)31-15-14-30-18-11-9-17(29-3)10-12-18/h4-13H,14-15H2,1-3H3,(H,25,26)(H,27,28). The lowest BCUT2D eigenvalue weighted by atomic mass is 10.0. The molecule has 0 aromatic heterocycles. The average Bonchev–Trinajstić information content (AvgIpc) is 2.76. The second-order valence-electron chi connectivity index (χ2n) is 7.42. The lowest BCUT2D eigenvalue weighted by molar-refractivity contribution is -0.143. The van der Waals surface area contributed by atoms with Crippen LogP contribution in [0.3, 0.4) is 0 Å². The molecule has 31 heavy (non-hydrogen) atoms. The third-order valence-corrected chi connectivity index (χ3v) is 4.74. The van der Waals surface area contributed by atoms with Crippen LogP contribution in [0, 0.1) is 0 Å². The van der Waals surface area contributed by atoms with Crippen LogP contribution >= 0.6 is 0 Å². The molecule has 7 nitrogen and oxygen atoms in total. The Morgan fingerprint density at radius 3 is 2.23 bits per heavy atom. The van der Waals surface area contributed by atoms with Gasteiger partial charge in [-0.05, 0) is 49.6 Å². The molecule has 0 atom stereocenters. The Labute approximate surface area is 180 Å². The third kappa shape index (κ3) is 5.25. The van der Waals surface area contributed by atoms with Crippen LogP contribution in [0.4, 0.5) is 0 Å². The predicted octanol–water partition coefficient (Wildman–Crippen LogP) is 3.90. The Kier molecular flexibility index (Phi) is 6.65. The van der Waals surface area contributed by atoms with Crippen molar-refractivity contribution >= 4 is 22.6 Å². The van der Waals surface area contributed by atoms with Crippen LogP contribution < -0.4 is 19.5 Å². The highest BCUT2D eigenvalue weighted by molar-refractivity contribution is 6.05. The maximum Gasteiger partial charge on any atom is 0.328 e. The van der Waals surface area contributed by atoms with Crippen molar-refractivity contribution in [3.8, 4) is 17.2 Å². The van der Waals surface area contributed by atoms with Gasteiger partial charge in [0.1, 0.15) is 36.0 Å². The summed E-state index contributed by atoms with van der Waals surface area (Å²) in [6, 6.07) is 18.1. The van der Waals surface area contributed by atoms with Crippen molar-refractivity contribution in [2.45, 2.75) is 19.4 Å². The molecule has 0 unspecified atom stereocenters. The molecule has 7 heteroatoms. The molecule has 2 N–H and O–H groups in total. The maximum atomic E-state index is 12.8. The smallest absolute Gasteiger partial charge is 0.328 e. The van der Waals surface area contributed by atoms with Gasteiger partial charge in [0.2, 0.25) is 0 Å². The molecule has 3 aromatic carbocycles. The summed E-state index contributed by atoms with van der Waals surface area (Å²) in [5.74, 6) is 0.138. The van der Waals surface area contributed by atoms with Crippen molar-refractivity contribution < 1.29 is 28.9 Å². The number of carbonyl (C=O) groups is 2. The second kappa shape index (κ2) is 9.38. The van der Waals surface area contributed by atoms with E-state index in [0.29, 0.717) is 11.5 Å². The first kappa shape index (κ1) is 22.0. The van der Waals surface area contributed by atoms with Gasteiger partial charge in [0.05, 0.1) is 12.7 Å². The Balaban J connectivity index is 1.77.